The summed E-state index contributed by atoms with van der Waals surface area (Å²) >= 11 is 1.37. The third-order valence-electron chi connectivity index (χ3n) is 7.37. The molecule has 0 spiro atoms. The topological polar surface area (TPSA) is 79.2 Å². The van der Waals surface area contributed by atoms with Gasteiger partial charge < -0.3 is 15.0 Å². The molecule has 0 unspecified atom stereocenters. The zero-order valence-electron chi connectivity index (χ0n) is 21.6. The quantitative estimate of drug-likeness (QED) is 0.365. The number of benzene rings is 1. The fraction of sp³-hybridized carbons (Fsp3) is 0.321. The van der Waals surface area contributed by atoms with E-state index in [0.29, 0.717) is 61.7 Å². The molecule has 0 aliphatic carbocycles. The first kappa shape index (κ1) is 26.5. The van der Waals surface area contributed by atoms with E-state index in [9.17, 15) is 22.8 Å². The van der Waals surface area contributed by atoms with Crippen LogP contribution in [0, 0.1) is 0 Å². The van der Waals surface area contributed by atoms with Gasteiger partial charge in [0.15, 0.2) is 0 Å². The summed E-state index contributed by atoms with van der Waals surface area (Å²) in [7, 11) is 1.84. The Morgan fingerprint density at radius 1 is 1.23 bits per heavy atom. The zero-order valence-corrected chi connectivity index (χ0v) is 22.4. The first-order valence-corrected chi connectivity index (χ1v) is 13.7. The second-order valence-corrected chi connectivity index (χ2v) is 11.0. The summed E-state index contributed by atoms with van der Waals surface area (Å²) in [5, 5.41) is 4.40. The predicted molar refractivity (Wildman–Crippen MR) is 143 cm³/mol. The lowest BCUT2D eigenvalue weighted by Crippen LogP contribution is -2.46. The molecule has 208 valence electrons. The number of ether oxygens (including phenoxy) is 1. The standard InChI is InChI=1S/C28H26F3N5O3S/c1-34(20-14-39-15-20)12-17-8-18(28(29,30)31)10-19(9-17)33-26(37)22-16-40-24-13-35(7-5-21(22)24)27(38)23-11-32-25-4-2-3-6-36(23)25/h2-4,6,8-11,16,20H,5,7,12-15H2,1H3,(H,33,37). The van der Waals surface area contributed by atoms with Crippen LogP contribution in [0.3, 0.4) is 0 Å². The van der Waals surface area contributed by atoms with Crippen LogP contribution in [0.1, 0.15) is 42.4 Å². The number of imidazole rings is 1. The minimum absolute atomic E-state index is 0.0910. The highest BCUT2D eigenvalue weighted by Crippen LogP contribution is 2.34. The van der Waals surface area contributed by atoms with Crippen LogP contribution in [0.5, 0.6) is 0 Å². The Morgan fingerprint density at radius 2 is 2.05 bits per heavy atom. The molecule has 3 aromatic heterocycles. The molecule has 1 fully saturated rings. The normalized spacial score (nSPS) is 15.8. The van der Waals surface area contributed by atoms with Crippen molar-refractivity contribution >= 4 is 34.5 Å². The number of alkyl halides is 3. The van der Waals surface area contributed by atoms with Crippen LogP contribution in [0.25, 0.3) is 5.65 Å². The van der Waals surface area contributed by atoms with Crippen LogP contribution < -0.4 is 5.32 Å². The summed E-state index contributed by atoms with van der Waals surface area (Å²) < 4.78 is 47.9. The molecule has 0 atom stereocenters. The predicted octanol–water partition coefficient (Wildman–Crippen LogP) is 4.70. The second-order valence-electron chi connectivity index (χ2n) is 10.1. The lowest BCUT2D eigenvalue weighted by Gasteiger charge is -2.34. The van der Waals surface area contributed by atoms with Crippen molar-refractivity contribution in [3.8, 4) is 0 Å². The van der Waals surface area contributed by atoms with E-state index < -0.39 is 17.6 Å². The summed E-state index contributed by atoms with van der Waals surface area (Å²) in [6, 6.07) is 9.33. The SMILES string of the molecule is CN(Cc1cc(NC(=O)c2csc3c2CCN(C(=O)c2cnc4ccccn24)C3)cc(C(F)(F)F)c1)C1COC1. The number of aromatic nitrogens is 2. The number of hydrogen-bond donors (Lipinski definition) is 1. The van der Waals surface area contributed by atoms with Crippen molar-refractivity contribution in [1.82, 2.24) is 19.2 Å². The van der Waals surface area contributed by atoms with E-state index in [2.05, 4.69) is 10.3 Å². The second kappa shape index (κ2) is 10.3. The number of thiophene rings is 1. The Kier molecular flexibility index (Phi) is 6.85. The minimum Gasteiger partial charge on any atom is -0.378 e. The highest BCUT2D eigenvalue weighted by molar-refractivity contribution is 7.10. The molecular weight excluding hydrogens is 543 g/mol. The third kappa shape index (κ3) is 5.09. The number of rotatable bonds is 6. The van der Waals surface area contributed by atoms with Gasteiger partial charge in [-0.05, 0) is 54.9 Å². The van der Waals surface area contributed by atoms with E-state index in [-0.39, 0.29) is 17.6 Å². The molecule has 2 aliphatic heterocycles. The number of nitrogens with zero attached hydrogens (tertiary/aromatic N) is 4. The van der Waals surface area contributed by atoms with Crippen molar-refractivity contribution in [3.63, 3.8) is 0 Å². The van der Waals surface area contributed by atoms with Gasteiger partial charge in [0.2, 0.25) is 0 Å². The molecule has 1 saturated heterocycles. The van der Waals surface area contributed by atoms with Gasteiger partial charge >= 0.3 is 6.18 Å². The monoisotopic (exact) mass is 569 g/mol. The summed E-state index contributed by atoms with van der Waals surface area (Å²) in [6.07, 6.45) is -0.739. The number of carbonyl (C=O) groups excluding carboxylic acids is 2. The van der Waals surface area contributed by atoms with Crippen LogP contribution >= 0.6 is 11.3 Å². The maximum atomic E-state index is 13.7. The molecule has 12 heteroatoms. The van der Waals surface area contributed by atoms with E-state index in [1.165, 1.54) is 11.3 Å². The number of halogens is 3. The van der Waals surface area contributed by atoms with Crippen molar-refractivity contribution < 1.29 is 27.5 Å². The highest BCUT2D eigenvalue weighted by Gasteiger charge is 2.33. The molecule has 4 aromatic rings. The Balaban J connectivity index is 1.19. The van der Waals surface area contributed by atoms with Gasteiger partial charge in [0.05, 0.1) is 43.1 Å². The fourth-order valence-corrected chi connectivity index (χ4v) is 6.15. The molecule has 1 aromatic carbocycles. The van der Waals surface area contributed by atoms with Crippen LogP contribution in [0.4, 0.5) is 18.9 Å². The summed E-state index contributed by atoms with van der Waals surface area (Å²) in [6.45, 7) is 2.14. The van der Waals surface area contributed by atoms with E-state index in [0.717, 1.165) is 22.6 Å². The average Bonchev–Trinajstić information content (AvgIpc) is 3.50. The van der Waals surface area contributed by atoms with Gasteiger partial charge in [0.25, 0.3) is 11.8 Å². The first-order chi connectivity index (χ1) is 19.2. The molecule has 1 N–H and O–H groups in total. The van der Waals surface area contributed by atoms with Crippen LogP contribution in [0.2, 0.25) is 0 Å². The Morgan fingerprint density at radius 3 is 2.80 bits per heavy atom. The van der Waals surface area contributed by atoms with Crippen LogP contribution in [-0.4, -0.2) is 63.8 Å². The molecule has 5 heterocycles. The van der Waals surface area contributed by atoms with Crippen molar-refractivity contribution in [2.45, 2.75) is 31.7 Å². The number of carbonyl (C=O) groups is 2. The van der Waals surface area contributed by atoms with Crippen molar-refractivity contribution in [2.24, 2.45) is 0 Å². The molecule has 0 radical (unpaired) electrons. The minimum atomic E-state index is -4.55. The van der Waals surface area contributed by atoms with Gasteiger partial charge in [0, 0.05) is 35.2 Å². The number of hydrogen-bond acceptors (Lipinski definition) is 6. The van der Waals surface area contributed by atoms with Crippen molar-refractivity contribution in [3.05, 3.63) is 87.0 Å². The van der Waals surface area contributed by atoms with Gasteiger partial charge in [-0.3, -0.25) is 18.9 Å². The van der Waals surface area contributed by atoms with E-state index in [1.54, 1.807) is 33.1 Å². The summed E-state index contributed by atoms with van der Waals surface area (Å²) in [4.78, 5) is 35.3. The largest absolute Gasteiger partial charge is 0.416 e. The molecule has 2 amide bonds. The maximum Gasteiger partial charge on any atom is 0.416 e. The van der Waals surface area contributed by atoms with E-state index in [4.69, 9.17) is 4.74 Å². The molecule has 40 heavy (non-hydrogen) atoms. The number of fused-ring (bicyclic) bond motifs is 2. The number of pyridine rings is 1. The first-order valence-electron chi connectivity index (χ1n) is 12.8. The molecule has 0 bridgehead atoms. The van der Waals surface area contributed by atoms with Crippen LogP contribution in [-0.2, 0) is 30.4 Å². The van der Waals surface area contributed by atoms with Gasteiger partial charge in [-0.15, -0.1) is 11.3 Å². The number of anilines is 1. The molecule has 8 nitrogen and oxygen atoms in total. The Bertz CT molecular complexity index is 1590. The summed E-state index contributed by atoms with van der Waals surface area (Å²) in [5.41, 5.74) is 2.12. The van der Waals surface area contributed by atoms with Crippen LogP contribution in [0.15, 0.2) is 54.2 Å². The smallest absolute Gasteiger partial charge is 0.378 e. The molecule has 2 aliphatic rings. The lowest BCUT2D eigenvalue weighted by molar-refractivity contribution is -0.137. The van der Waals surface area contributed by atoms with E-state index in [1.807, 2.05) is 30.1 Å². The molecule has 0 saturated carbocycles. The summed E-state index contributed by atoms with van der Waals surface area (Å²) in [5.74, 6) is -0.622. The van der Waals surface area contributed by atoms with Crippen molar-refractivity contribution in [1.29, 1.82) is 0 Å². The fourth-order valence-electron chi connectivity index (χ4n) is 5.06. The Labute approximate surface area is 232 Å². The Hall–Kier alpha value is -3.74. The molecule has 6 rings (SSSR count). The zero-order chi connectivity index (χ0) is 28.0. The van der Waals surface area contributed by atoms with E-state index >= 15 is 0 Å². The van der Waals surface area contributed by atoms with Crippen molar-refractivity contribution in [2.75, 3.05) is 32.1 Å². The van der Waals surface area contributed by atoms with Gasteiger partial charge in [-0.2, -0.15) is 13.2 Å². The maximum absolute atomic E-state index is 13.7. The molecular formula is C28H26F3N5O3S. The number of likely N-dealkylation sites (N-methyl/N-ethyl adjacent to an activating group) is 1. The van der Waals surface area contributed by atoms with Gasteiger partial charge in [0.1, 0.15) is 11.3 Å². The van der Waals surface area contributed by atoms with Gasteiger partial charge in [-0.1, -0.05) is 6.07 Å². The van der Waals surface area contributed by atoms with Gasteiger partial charge in [-0.25, -0.2) is 4.98 Å². The number of nitrogens with one attached hydrogen (secondary N) is 1. The highest BCUT2D eigenvalue weighted by atomic mass is 32.1. The average molecular weight is 570 g/mol. The lowest BCUT2D eigenvalue weighted by atomic mass is 10.0. The number of amides is 2. The third-order valence-corrected chi connectivity index (χ3v) is 8.38.